The van der Waals surface area contributed by atoms with Crippen molar-refractivity contribution in [1.29, 1.82) is 0 Å². The van der Waals surface area contributed by atoms with Gasteiger partial charge in [0.15, 0.2) is 0 Å². The first kappa shape index (κ1) is 15.6. The SMILES string of the molecule is COCCC(C)(C)CNC(=O)c1cc(C)ccc1F. The van der Waals surface area contributed by atoms with E-state index in [4.69, 9.17) is 4.74 Å². The molecule has 19 heavy (non-hydrogen) atoms. The van der Waals surface area contributed by atoms with Crippen molar-refractivity contribution < 1.29 is 13.9 Å². The highest BCUT2D eigenvalue weighted by molar-refractivity contribution is 5.94. The van der Waals surface area contributed by atoms with E-state index in [0.29, 0.717) is 13.2 Å². The Balaban J connectivity index is 2.62. The fourth-order valence-electron chi connectivity index (χ4n) is 1.69. The van der Waals surface area contributed by atoms with Crippen molar-refractivity contribution in [3.8, 4) is 0 Å². The topological polar surface area (TPSA) is 38.3 Å². The van der Waals surface area contributed by atoms with Crippen molar-refractivity contribution >= 4 is 5.91 Å². The lowest BCUT2D eigenvalue weighted by molar-refractivity contribution is 0.0917. The quantitative estimate of drug-likeness (QED) is 0.860. The van der Waals surface area contributed by atoms with Crippen molar-refractivity contribution in [3.05, 3.63) is 35.1 Å². The lowest BCUT2D eigenvalue weighted by atomic mass is 9.89. The fraction of sp³-hybridized carbons (Fsp3) is 0.533. The number of hydrogen-bond donors (Lipinski definition) is 1. The molecule has 1 N–H and O–H groups in total. The standard InChI is InChI=1S/C15H22FNO2/c1-11-5-6-13(16)12(9-11)14(18)17-10-15(2,3)7-8-19-4/h5-6,9H,7-8,10H2,1-4H3,(H,17,18). The average molecular weight is 267 g/mol. The summed E-state index contributed by atoms with van der Waals surface area (Å²) in [6.45, 7) is 7.04. The molecule has 0 atom stereocenters. The minimum atomic E-state index is -0.488. The lowest BCUT2D eigenvalue weighted by Crippen LogP contribution is -2.35. The molecule has 0 aliphatic rings. The number of nitrogens with one attached hydrogen (secondary N) is 1. The number of amides is 1. The van der Waals surface area contributed by atoms with Crippen molar-refractivity contribution in [2.24, 2.45) is 5.41 Å². The Kier molecular flexibility index (Phi) is 5.48. The lowest BCUT2D eigenvalue weighted by Gasteiger charge is -2.24. The number of aryl methyl sites for hydroxylation is 1. The van der Waals surface area contributed by atoms with Crippen LogP contribution >= 0.6 is 0 Å². The fourth-order valence-corrected chi connectivity index (χ4v) is 1.69. The van der Waals surface area contributed by atoms with E-state index in [-0.39, 0.29) is 16.9 Å². The van der Waals surface area contributed by atoms with Gasteiger partial charge in [-0.1, -0.05) is 25.5 Å². The Bertz CT molecular complexity index is 444. The molecule has 4 heteroatoms. The smallest absolute Gasteiger partial charge is 0.254 e. The number of benzene rings is 1. The average Bonchev–Trinajstić information content (AvgIpc) is 2.36. The molecule has 0 aliphatic carbocycles. The normalized spacial score (nSPS) is 11.4. The molecule has 0 fully saturated rings. The van der Waals surface area contributed by atoms with Crippen molar-refractivity contribution in [2.45, 2.75) is 27.2 Å². The van der Waals surface area contributed by atoms with E-state index in [2.05, 4.69) is 5.32 Å². The van der Waals surface area contributed by atoms with Crippen LogP contribution in [0.5, 0.6) is 0 Å². The van der Waals surface area contributed by atoms with E-state index in [9.17, 15) is 9.18 Å². The summed E-state index contributed by atoms with van der Waals surface area (Å²) in [5, 5.41) is 2.78. The summed E-state index contributed by atoms with van der Waals surface area (Å²) in [5.74, 6) is -0.857. The predicted octanol–water partition coefficient (Wildman–Crippen LogP) is 2.93. The van der Waals surface area contributed by atoms with Crippen LogP contribution in [0.1, 0.15) is 36.2 Å². The molecule has 106 valence electrons. The molecule has 0 radical (unpaired) electrons. The van der Waals surface area contributed by atoms with E-state index in [1.54, 1.807) is 19.2 Å². The Hall–Kier alpha value is -1.42. The van der Waals surface area contributed by atoms with E-state index in [1.807, 2.05) is 20.8 Å². The Labute approximate surface area is 114 Å². The molecular weight excluding hydrogens is 245 g/mol. The largest absolute Gasteiger partial charge is 0.385 e. The summed E-state index contributed by atoms with van der Waals surface area (Å²) in [6.07, 6.45) is 0.833. The van der Waals surface area contributed by atoms with Gasteiger partial charge >= 0.3 is 0 Å². The van der Waals surface area contributed by atoms with Crippen LogP contribution in [0.25, 0.3) is 0 Å². The first-order valence-electron chi connectivity index (χ1n) is 6.39. The Morgan fingerprint density at radius 3 is 2.74 bits per heavy atom. The molecule has 0 aromatic heterocycles. The van der Waals surface area contributed by atoms with Crippen molar-refractivity contribution in [1.82, 2.24) is 5.32 Å². The van der Waals surface area contributed by atoms with Crippen LogP contribution in [0.3, 0.4) is 0 Å². The monoisotopic (exact) mass is 267 g/mol. The second kappa shape index (κ2) is 6.66. The van der Waals surface area contributed by atoms with Gasteiger partial charge in [0.25, 0.3) is 5.91 Å². The molecule has 1 aromatic rings. The third-order valence-corrected chi connectivity index (χ3v) is 3.08. The maximum absolute atomic E-state index is 13.6. The van der Waals surface area contributed by atoms with Crippen LogP contribution in [0, 0.1) is 18.2 Å². The van der Waals surface area contributed by atoms with Gasteiger partial charge in [0.1, 0.15) is 5.82 Å². The van der Waals surface area contributed by atoms with Crippen molar-refractivity contribution in [3.63, 3.8) is 0 Å². The van der Waals surface area contributed by atoms with Crippen LogP contribution in [0.15, 0.2) is 18.2 Å². The zero-order valence-corrected chi connectivity index (χ0v) is 12.0. The van der Waals surface area contributed by atoms with Gasteiger partial charge in [0.2, 0.25) is 0 Å². The number of carbonyl (C=O) groups is 1. The summed E-state index contributed by atoms with van der Waals surface area (Å²) in [5.41, 5.74) is 0.888. The Morgan fingerprint density at radius 2 is 2.11 bits per heavy atom. The number of methoxy groups -OCH3 is 1. The summed E-state index contributed by atoms with van der Waals surface area (Å²) >= 11 is 0. The van der Waals surface area contributed by atoms with Crippen molar-refractivity contribution in [2.75, 3.05) is 20.3 Å². The van der Waals surface area contributed by atoms with E-state index < -0.39 is 5.82 Å². The minimum Gasteiger partial charge on any atom is -0.385 e. The molecule has 1 amide bonds. The number of rotatable bonds is 6. The minimum absolute atomic E-state index is 0.0774. The molecule has 1 rings (SSSR count). The molecule has 0 bridgehead atoms. The first-order chi connectivity index (χ1) is 8.85. The summed E-state index contributed by atoms with van der Waals surface area (Å²) in [4.78, 5) is 12.0. The molecule has 0 unspecified atom stereocenters. The highest BCUT2D eigenvalue weighted by Gasteiger charge is 2.20. The van der Waals surface area contributed by atoms with Gasteiger partial charge in [-0.15, -0.1) is 0 Å². The van der Waals surface area contributed by atoms with Crippen LogP contribution in [-0.4, -0.2) is 26.2 Å². The number of hydrogen-bond acceptors (Lipinski definition) is 2. The van der Waals surface area contributed by atoms with Gasteiger partial charge in [0, 0.05) is 20.3 Å². The van der Waals surface area contributed by atoms with E-state index in [1.165, 1.54) is 6.07 Å². The zero-order chi connectivity index (χ0) is 14.5. The van der Waals surface area contributed by atoms with Gasteiger partial charge in [-0.3, -0.25) is 4.79 Å². The maximum Gasteiger partial charge on any atom is 0.254 e. The number of halogens is 1. The molecule has 0 aliphatic heterocycles. The highest BCUT2D eigenvalue weighted by Crippen LogP contribution is 2.19. The maximum atomic E-state index is 13.6. The van der Waals surface area contributed by atoms with E-state index in [0.717, 1.165) is 12.0 Å². The molecule has 0 spiro atoms. The number of carbonyl (C=O) groups excluding carboxylic acids is 1. The van der Waals surface area contributed by atoms with Gasteiger partial charge in [-0.25, -0.2) is 4.39 Å². The summed E-state index contributed by atoms with van der Waals surface area (Å²) in [6, 6.07) is 4.53. The molecule has 0 saturated carbocycles. The molecule has 0 heterocycles. The second-order valence-corrected chi connectivity index (χ2v) is 5.57. The second-order valence-electron chi connectivity index (χ2n) is 5.57. The van der Waals surface area contributed by atoms with Crippen LogP contribution in [0.4, 0.5) is 4.39 Å². The molecular formula is C15H22FNO2. The van der Waals surface area contributed by atoms with Crippen LogP contribution < -0.4 is 5.32 Å². The third kappa shape index (κ3) is 4.99. The van der Waals surface area contributed by atoms with Crippen LogP contribution in [-0.2, 0) is 4.74 Å². The molecule has 0 saturated heterocycles. The Morgan fingerprint density at radius 1 is 1.42 bits per heavy atom. The van der Waals surface area contributed by atoms with Gasteiger partial charge in [-0.2, -0.15) is 0 Å². The summed E-state index contributed by atoms with van der Waals surface area (Å²) in [7, 11) is 1.65. The zero-order valence-electron chi connectivity index (χ0n) is 12.0. The van der Waals surface area contributed by atoms with Gasteiger partial charge in [0.05, 0.1) is 5.56 Å². The highest BCUT2D eigenvalue weighted by atomic mass is 19.1. The third-order valence-electron chi connectivity index (χ3n) is 3.08. The molecule has 3 nitrogen and oxygen atoms in total. The van der Waals surface area contributed by atoms with Gasteiger partial charge in [-0.05, 0) is 30.9 Å². The predicted molar refractivity (Wildman–Crippen MR) is 73.7 cm³/mol. The molecule has 1 aromatic carbocycles. The first-order valence-corrected chi connectivity index (χ1v) is 6.39. The van der Waals surface area contributed by atoms with Crippen LogP contribution in [0.2, 0.25) is 0 Å². The van der Waals surface area contributed by atoms with E-state index >= 15 is 0 Å². The summed E-state index contributed by atoms with van der Waals surface area (Å²) < 4.78 is 18.6. The van der Waals surface area contributed by atoms with Gasteiger partial charge < -0.3 is 10.1 Å². The number of ether oxygens (including phenoxy) is 1.